The molecule has 2 aromatic heterocycles. The molecule has 0 atom stereocenters. The quantitative estimate of drug-likeness (QED) is 0.0887. The van der Waals surface area contributed by atoms with Gasteiger partial charge in [0.2, 0.25) is 9.79 Å². The van der Waals surface area contributed by atoms with Gasteiger partial charge in [0.15, 0.2) is 50.8 Å². The number of fused-ring (bicyclic) bond motifs is 8. The molecule has 0 saturated heterocycles. The van der Waals surface area contributed by atoms with Crippen molar-refractivity contribution in [2.45, 2.75) is 92.7 Å². The highest BCUT2D eigenvalue weighted by atomic mass is 35.5. The first-order valence-electron chi connectivity index (χ1n) is 27.2. The number of hydrogen-bond donors (Lipinski definition) is 3. The zero-order chi connectivity index (χ0) is 56.3. The minimum atomic E-state index is -0.228. The van der Waals surface area contributed by atoms with Gasteiger partial charge in [0.05, 0.1) is 0 Å². The Morgan fingerprint density at radius 2 is 0.863 bits per heavy atom. The lowest BCUT2D eigenvalue weighted by atomic mass is 9.87. The predicted molar refractivity (Wildman–Crippen MR) is 342 cm³/mol. The highest BCUT2D eigenvalue weighted by molar-refractivity contribution is 7.97. The van der Waals surface area contributed by atoms with E-state index in [1.807, 2.05) is 36.4 Å². The van der Waals surface area contributed by atoms with Gasteiger partial charge in [-0.2, -0.15) is 0 Å². The third-order valence-corrected chi connectivity index (χ3v) is 21.9. The molecule has 0 unspecified atom stereocenters. The number of hydrogen-bond acceptors (Lipinski definition) is 5. The van der Waals surface area contributed by atoms with Gasteiger partial charge in [-0.25, -0.2) is 0 Å². The van der Waals surface area contributed by atoms with E-state index in [0.29, 0.717) is 25.7 Å². The van der Waals surface area contributed by atoms with Crippen molar-refractivity contribution in [1.82, 2.24) is 0 Å². The molecule has 1 aliphatic heterocycles. The smallest absolute Gasteiger partial charge is 0.209 e. The molecule has 0 spiro atoms. The molecule has 80 heavy (non-hydrogen) atoms. The van der Waals surface area contributed by atoms with E-state index in [0.717, 1.165) is 38.2 Å². The van der Waals surface area contributed by atoms with Gasteiger partial charge in [0.1, 0.15) is 10.9 Å². The van der Waals surface area contributed by atoms with E-state index < -0.39 is 0 Å². The van der Waals surface area contributed by atoms with E-state index in [2.05, 4.69) is 199 Å². The number of carbonyl (C=O) groups excluding carboxylic acids is 1. The normalized spacial score (nSPS) is 12.4. The fourth-order valence-electron chi connectivity index (χ4n) is 10.2. The molecule has 0 aliphatic carbocycles. The van der Waals surface area contributed by atoms with Crippen molar-refractivity contribution in [2.24, 2.45) is 0 Å². The van der Waals surface area contributed by atoms with Crippen molar-refractivity contribution < 1.29 is 24.9 Å². The molecule has 1 aliphatic rings. The lowest BCUT2D eigenvalue weighted by Crippen LogP contribution is -2.17. The second kappa shape index (κ2) is 24.4. The van der Waals surface area contributed by atoms with Crippen molar-refractivity contribution in [3.63, 3.8) is 0 Å². The Balaban J connectivity index is 0.000000136. The largest absolute Gasteiger partial charge is 0.447 e. The molecule has 11 aromatic rings. The molecule has 0 fully saturated rings. The van der Waals surface area contributed by atoms with Gasteiger partial charge in [-0.1, -0.05) is 125 Å². The van der Waals surface area contributed by atoms with Crippen molar-refractivity contribution in [3.05, 3.63) is 232 Å². The summed E-state index contributed by atoms with van der Waals surface area (Å²) in [7, 11) is -0.496. The minimum absolute atomic E-state index is 0.0564. The summed E-state index contributed by atoms with van der Waals surface area (Å²) in [6.45, 7) is 13.8. The first kappa shape index (κ1) is 57.0. The van der Waals surface area contributed by atoms with Crippen molar-refractivity contribution in [2.75, 3.05) is 19.8 Å². The molecule has 5 nitrogen and oxygen atoms in total. The lowest BCUT2D eigenvalue weighted by molar-refractivity contribution is 0.0971. The molecular weight excluding hydrogens is 1090 g/mol. The molecule has 0 radical (unpaired) electrons. The monoisotopic (exact) mass is 1150 g/mol. The number of ketones is 1. The first-order valence-corrected chi connectivity index (χ1v) is 31.6. The maximum Gasteiger partial charge on any atom is 0.209 e. The number of halogens is 2. The van der Waals surface area contributed by atoms with Crippen LogP contribution < -0.4 is 4.74 Å². The number of rotatable bonds is 11. The first-order chi connectivity index (χ1) is 38.5. The standard InChI is InChI=1S/C28H33O2S.C22H19O2S.C20H15Cl2OS/c1-27(2,3)20-9-13-25-23(17-20)30-24-18-21(28(4,5)6)10-14-26(24)31(25)22-11-7-19(8-12-22)15-16-29;23-15-5-8-20(24)16-11-13-17(14-12-16)25-21-9-3-1-6-18(21)19-7-2-4-10-22(19)25;21-14-3-7-19-17(11-14)18-12-15(22)4-8-20(18)24(19)16-5-1-13(2-6-16)9-10-23/h7-14,17-18,29H,15-16H2,1-6H3;1-4,6-7,9-14,23H,5,8,15H2;1-8,11-12,23H,9-10H2/q3*+1. The summed E-state index contributed by atoms with van der Waals surface area (Å²) in [6, 6.07) is 68.0. The zero-order valence-electron chi connectivity index (χ0n) is 46.1. The van der Waals surface area contributed by atoms with Gasteiger partial charge in [-0.3, -0.25) is 4.79 Å². The van der Waals surface area contributed by atoms with Crippen LogP contribution in [0.5, 0.6) is 11.5 Å². The fourth-order valence-corrected chi connectivity index (χ4v) is 17.4. The number of thiophene rings is 2. The van der Waals surface area contributed by atoms with Crippen LogP contribution in [-0.4, -0.2) is 40.9 Å². The zero-order valence-corrected chi connectivity index (χ0v) is 50.0. The van der Waals surface area contributed by atoms with E-state index >= 15 is 0 Å². The number of Topliss-reactive ketones (excluding diaryl/α,β-unsaturated/α-hetero) is 1. The van der Waals surface area contributed by atoms with Crippen LogP contribution in [0.3, 0.4) is 0 Å². The fraction of sp³-hybridized carbons (Fsp3) is 0.214. The van der Waals surface area contributed by atoms with Crippen LogP contribution in [0.25, 0.3) is 50.1 Å². The number of carbonyl (C=O) groups is 1. The Morgan fingerprint density at radius 3 is 1.29 bits per heavy atom. The van der Waals surface area contributed by atoms with E-state index in [9.17, 15) is 9.90 Å². The van der Waals surface area contributed by atoms with Crippen LogP contribution in [0.1, 0.15) is 87.0 Å². The Labute approximate surface area is 488 Å². The van der Waals surface area contributed by atoms with E-state index in [1.165, 1.54) is 75.9 Å². The van der Waals surface area contributed by atoms with Crippen LogP contribution in [0, 0.1) is 0 Å². The highest BCUT2D eigenvalue weighted by Crippen LogP contribution is 2.52. The number of aliphatic hydroxyl groups excluding tert-OH is 3. The van der Waals surface area contributed by atoms with Crippen molar-refractivity contribution in [1.29, 1.82) is 0 Å². The molecule has 0 bridgehead atoms. The molecule has 9 aromatic carbocycles. The second-order valence-corrected chi connectivity index (χ2v) is 28.9. The van der Waals surface area contributed by atoms with E-state index in [4.69, 9.17) is 38.2 Å². The third-order valence-electron chi connectivity index (χ3n) is 14.5. The molecule has 406 valence electrons. The lowest BCUT2D eigenvalue weighted by Gasteiger charge is -2.26. The number of benzene rings is 9. The minimum Gasteiger partial charge on any atom is -0.447 e. The van der Waals surface area contributed by atoms with Gasteiger partial charge in [-0.05, 0) is 174 Å². The highest BCUT2D eigenvalue weighted by Gasteiger charge is 2.41. The SMILES string of the molecule is CC(C)(C)c1ccc2c(c1)Oc1cc(C(C)(C)C)ccc1[S+]2c1ccc(CCO)cc1.O=C(CCCO)c1ccc(-[s+]2c3ccccc3c3ccccc32)cc1.OCCc1ccc(-[s+]2c3ccc(Cl)cc3c3cc(Cl)ccc32)cc1. The molecular formula is C70H67Cl2O5S3+3. The van der Waals surface area contributed by atoms with Crippen LogP contribution >= 0.6 is 44.1 Å². The van der Waals surface area contributed by atoms with E-state index in [1.54, 1.807) is 0 Å². The number of aliphatic hydroxyl groups is 3. The average Bonchev–Trinajstić information content (AvgIpc) is 4.01. The summed E-state index contributed by atoms with van der Waals surface area (Å²) in [5.41, 5.74) is 5.73. The summed E-state index contributed by atoms with van der Waals surface area (Å²) >= 11 is 12.5. The van der Waals surface area contributed by atoms with Crippen LogP contribution in [0.2, 0.25) is 10.0 Å². The molecule has 0 amide bonds. The Morgan fingerprint density at radius 1 is 0.450 bits per heavy atom. The molecule has 10 heteroatoms. The third kappa shape index (κ3) is 12.2. The molecule has 0 saturated carbocycles. The summed E-state index contributed by atoms with van der Waals surface area (Å²) in [6.07, 6.45) is 2.29. The summed E-state index contributed by atoms with van der Waals surface area (Å²) in [5, 5.41) is 33.7. The Bertz CT molecular complexity index is 3820. The van der Waals surface area contributed by atoms with Gasteiger partial charge < -0.3 is 20.1 Å². The average molecular weight is 1160 g/mol. The van der Waals surface area contributed by atoms with Crippen molar-refractivity contribution >= 4 is 101 Å². The maximum atomic E-state index is 12.1. The Hall–Kier alpha value is -6.30. The van der Waals surface area contributed by atoms with Gasteiger partial charge in [0, 0.05) is 96.5 Å². The Kier molecular flexibility index (Phi) is 17.4. The molecule has 3 N–H and O–H groups in total. The van der Waals surface area contributed by atoms with Crippen LogP contribution in [0.15, 0.2) is 209 Å². The summed E-state index contributed by atoms with van der Waals surface area (Å²) < 4.78 is 11.8. The van der Waals surface area contributed by atoms with Crippen LogP contribution in [0.4, 0.5) is 0 Å². The maximum absolute atomic E-state index is 12.1. The molecule has 12 rings (SSSR count). The van der Waals surface area contributed by atoms with Gasteiger partial charge >= 0.3 is 0 Å². The summed E-state index contributed by atoms with van der Waals surface area (Å²) in [4.78, 5) is 18.4. The summed E-state index contributed by atoms with van der Waals surface area (Å²) in [5.74, 6) is 2.03. The van der Waals surface area contributed by atoms with Gasteiger partial charge in [0.25, 0.3) is 0 Å². The predicted octanol–water partition coefficient (Wildman–Crippen LogP) is 19.3. The number of ether oxygens (including phenoxy) is 1. The second-order valence-electron chi connectivity index (χ2n) is 22.1. The van der Waals surface area contributed by atoms with E-state index in [-0.39, 0.29) is 68.3 Å². The van der Waals surface area contributed by atoms with Crippen molar-refractivity contribution in [3.8, 4) is 21.3 Å². The topological polar surface area (TPSA) is 87.0 Å². The molecule has 3 heterocycles. The van der Waals surface area contributed by atoms with Gasteiger partial charge in [-0.15, -0.1) is 0 Å². The van der Waals surface area contributed by atoms with Crippen LogP contribution in [-0.2, 0) is 34.6 Å².